The number of rotatable bonds is 2. The minimum absolute atomic E-state index is 0.234. The number of anilines is 1. The van der Waals surface area contributed by atoms with Gasteiger partial charge >= 0.3 is 0 Å². The first-order valence-corrected chi connectivity index (χ1v) is 6.65. The summed E-state index contributed by atoms with van der Waals surface area (Å²) in [6.45, 7) is 4.03. The summed E-state index contributed by atoms with van der Waals surface area (Å²) in [5, 5.41) is 4.09. The molecule has 2 N–H and O–H groups in total. The van der Waals surface area contributed by atoms with Gasteiger partial charge in [0.1, 0.15) is 11.5 Å². The highest BCUT2D eigenvalue weighted by atomic mass is 19.1. The van der Waals surface area contributed by atoms with E-state index in [4.69, 9.17) is 10.3 Å². The predicted molar refractivity (Wildman–Crippen MR) is 81.2 cm³/mol. The monoisotopic (exact) mass is 282 g/mol. The average Bonchev–Trinajstić information content (AvgIpc) is 2.84. The van der Waals surface area contributed by atoms with Crippen molar-refractivity contribution in [1.29, 1.82) is 0 Å². The summed E-state index contributed by atoms with van der Waals surface area (Å²) < 4.78 is 18.3. The summed E-state index contributed by atoms with van der Waals surface area (Å²) in [7, 11) is 0. The van der Waals surface area contributed by atoms with E-state index in [0.717, 1.165) is 22.3 Å². The standard InChI is InChI=1S/C17H15FN2O/c1-10-3-4-11(2)14(9-10)16-15(17(19)21-20-16)12-5-7-13(18)8-6-12/h3-9H,19H2,1-2H3. The van der Waals surface area contributed by atoms with Crippen LogP contribution in [0, 0.1) is 19.7 Å². The largest absolute Gasteiger partial charge is 0.367 e. The second kappa shape index (κ2) is 5.05. The van der Waals surface area contributed by atoms with Gasteiger partial charge in [0.15, 0.2) is 0 Å². The summed E-state index contributed by atoms with van der Waals surface area (Å²) in [5.41, 5.74) is 11.3. The van der Waals surface area contributed by atoms with E-state index in [1.165, 1.54) is 12.1 Å². The number of nitrogens with two attached hydrogens (primary N) is 1. The molecule has 0 amide bonds. The molecule has 21 heavy (non-hydrogen) atoms. The van der Waals surface area contributed by atoms with E-state index in [0.29, 0.717) is 11.3 Å². The number of aryl methyl sites for hydroxylation is 2. The van der Waals surface area contributed by atoms with Gasteiger partial charge in [0.2, 0.25) is 5.88 Å². The Hall–Kier alpha value is -2.62. The lowest BCUT2D eigenvalue weighted by atomic mass is 9.96. The molecule has 3 aromatic rings. The third kappa shape index (κ3) is 2.40. The molecule has 4 heteroatoms. The van der Waals surface area contributed by atoms with E-state index in [1.54, 1.807) is 12.1 Å². The van der Waals surface area contributed by atoms with Gasteiger partial charge < -0.3 is 10.3 Å². The maximum absolute atomic E-state index is 13.1. The molecule has 3 rings (SSSR count). The Morgan fingerprint density at radius 2 is 1.76 bits per heavy atom. The highest BCUT2D eigenvalue weighted by molar-refractivity contribution is 5.87. The van der Waals surface area contributed by atoms with Crippen molar-refractivity contribution in [1.82, 2.24) is 5.16 Å². The van der Waals surface area contributed by atoms with Crippen molar-refractivity contribution in [3.05, 3.63) is 59.4 Å². The topological polar surface area (TPSA) is 52.0 Å². The first kappa shape index (κ1) is 13.4. The number of aromatic nitrogens is 1. The zero-order valence-corrected chi connectivity index (χ0v) is 11.9. The smallest absolute Gasteiger partial charge is 0.230 e. The fourth-order valence-corrected chi connectivity index (χ4v) is 2.37. The number of nitrogens with zero attached hydrogens (tertiary/aromatic N) is 1. The number of benzene rings is 2. The molecule has 2 aromatic carbocycles. The third-order valence-electron chi connectivity index (χ3n) is 3.50. The van der Waals surface area contributed by atoms with Gasteiger partial charge in [0, 0.05) is 5.56 Å². The number of nitrogen functional groups attached to an aromatic ring is 1. The van der Waals surface area contributed by atoms with Gasteiger partial charge in [-0.05, 0) is 43.2 Å². The maximum atomic E-state index is 13.1. The Balaban J connectivity index is 2.21. The molecule has 0 aliphatic carbocycles. The Morgan fingerprint density at radius 1 is 1.05 bits per heavy atom. The van der Waals surface area contributed by atoms with Crippen molar-refractivity contribution in [2.75, 3.05) is 5.73 Å². The summed E-state index contributed by atoms with van der Waals surface area (Å²) in [6.07, 6.45) is 0. The minimum atomic E-state index is -0.290. The summed E-state index contributed by atoms with van der Waals surface area (Å²) >= 11 is 0. The predicted octanol–water partition coefficient (Wildman–Crippen LogP) is 4.35. The Morgan fingerprint density at radius 3 is 2.48 bits per heavy atom. The first-order valence-electron chi connectivity index (χ1n) is 6.65. The molecule has 0 unspecified atom stereocenters. The molecule has 0 saturated heterocycles. The second-order valence-corrected chi connectivity index (χ2v) is 5.10. The van der Waals surface area contributed by atoms with Gasteiger partial charge in [-0.1, -0.05) is 35.0 Å². The van der Waals surface area contributed by atoms with Crippen LogP contribution in [0.25, 0.3) is 22.4 Å². The van der Waals surface area contributed by atoms with Crippen LogP contribution in [0.15, 0.2) is 47.0 Å². The van der Waals surface area contributed by atoms with Gasteiger partial charge in [-0.3, -0.25) is 0 Å². The van der Waals surface area contributed by atoms with E-state index >= 15 is 0 Å². The fraction of sp³-hybridized carbons (Fsp3) is 0.118. The van der Waals surface area contributed by atoms with Crippen LogP contribution >= 0.6 is 0 Å². The molecule has 0 spiro atoms. The van der Waals surface area contributed by atoms with Crippen molar-refractivity contribution in [2.24, 2.45) is 0 Å². The average molecular weight is 282 g/mol. The molecule has 0 radical (unpaired) electrons. The lowest BCUT2D eigenvalue weighted by Crippen LogP contribution is -1.90. The van der Waals surface area contributed by atoms with Crippen LogP contribution < -0.4 is 5.73 Å². The zero-order valence-electron chi connectivity index (χ0n) is 11.9. The van der Waals surface area contributed by atoms with Gasteiger partial charge in [-0.25, -0.2) is 4.39 Å². The molecule has 0 bridgehead atoms. The van der Waals surface area contributed by atoms with Crippen LogP contribution in [0.1, 0.15) is 11.1 Å². The van der Waals surface area contributed by atoms with Gasteiger partial charge in [-0.2, -0.15) is 0 Å². The van der Waals surface area contributed by atoms with Crippen LogP contribution in [0.5, 0.6) is 0 Å². The normalized spacial score (nSPS) is 10.8. The molecular weight excluding hydrogens is 267 g/mol. The van der Waals surface area contributed by atoms with Crippen molar-refractivity contribution < 1.29 is 8.91 Å². The molecule has 0 aliphatic heterocycles. The molecule has 3 nitrogen and oxygen atoms in total. The number of halogens is 1. The molecule has 0 aliphatic rings. The zero-order chi connectivity index (χ0) is 15.0. The van der Waals surface area contributed by atoms with Gasteiger partial charge in [-0.15, -0.1) is 0 Å². The molecule has 1 aromatic heterocycles. The SMILES string of the molecule is Cc1ccc(C)c(-c2noc(N)c2-c2ccc(F)cc2)c1. The van der Waals surface area contributed by atoms with Crippen LogP contribution in [-0.4, -0.2) is 5.16 Å². The summed E-state index contributed by atoms with van der Waals surface area (Å²) in [4.78, 5) is 0. The summed E-state index contributed by atoms with van der Waals surface area (Å²) in [6, 6.07) is 12.3. The summed E-state index contributed by atoms with van der Waals surface area (Å²) in [5.74, 6) is -0.0559. The Bertz CT molecular complexity index is 791. The van der Waals surface area contributed by atoms with Crippen molar-refractivity contribution in [2.45, 2.75) is 13.8 Å². The van der Waals surface area contributed by atoms with Gasteiger partial charge in [0.25, 0.3) is 0 Å². The molecule has 1 heterocycles. The van der Waals surface area contributed by atoms with Crippen LogP contribution in [0.2, 0.25) is 0 Å². The molecule has 106 valence electrons. The highest BCUT2D eigenvalue weighted by Gasteiger charge is 2.18. The van der Waals surface area contributed by atoms with Gasteiger partial charge in [0.05, 0.1) is 5.56 Å². The molecular formula is C17H15FN2O. The number of hydrogen-bond donors (Lipinski definition) is 1. The van der Waals surface area contributed by atoms with E-state index < -0.39 is 0 Å². The van der Waals surface area contributed by atoms with Crippen molar-refractivity contribution in [3.8, 4) is 22.4 Å². The lowest BCUT2D eigenvalue weighted by molar-refractivity contribution is 0.439. The first-order chi connectivity index (χ1) is 10.1. The van der Waals surface area contributed by atoms with Crippen LogP contribution in [0.4, 0.5) is 10.3 Å². The lowest BCUT2D eigenvalue weighted by Gasteiger charge is -2.07. The molecule has 0 atom stereocenters. The van der Waals surface area contributed by atoms with Crippen molar-refractivity contribution in [3.63, 3.8) is 0 Å². The third-order valence-corrected chi connectivity index (χ3v) is 3.50. The molecule has 0 saturated carbocycles. The number of hydrogen-bond acceptors (Lipinski definition) is 3. The maximum Gasteiger partial charge on any atom is 0.230 e. The second-order valence-electron chi connectivity index (χ2n) is 5.10. The minimum Gasteiger partial charge on any atom is -0.367 e. The molecule has 0 fully saturated rings. The Kier molecular flexibility index (Phi) is 3.22. The van der Waals surface area contributed by atoms with Crippen molar-refractivity contribution >= 4 is 5.88 Å². The van der Waals surface area contributed by atoms with E-state index in [1.807, 2.05) is 32.0 Å². The van der Waals surface area contributed by atoms with Crippen LogP contribution in [0.3, 0.4) is 0 Å². The van der Waals surface area contributed by atoms with E-state index in [9.17, 15) is 4.39 Å². The van der Waals surface area contributed by atoms with Crippen LogP contribution in [-0.2, 0) is 0 Å². The van der Waals surface area contributed by atoms with E-state index in [-0.39, 0.29) is 11.7 Å². The highest BCUT2D eigenvalue weighted by Crippen LogP contribution is 2.37. The Labute approximate surface area is 122 Å². The van der Waals surface area contributed by atoms with E-state index in [2.05, 4.69) is 5.16 Å². The fourth-order valence-electron chi connectivity index (χ4n) is 2.37. The quantitative estimate of drug-likeness (QED) is 0.760.